The minimum Gasteiger partial charge on any atom is -0.389 e. The van der Waals surface area contributed by atoms with Crippen LogP contribution >= 0.6 is 0 Å². The molecule has 0 saturated carbocycles. The molecule has 0 amide bonds. The van der Waals surface area contributed by atoms with Gasteiger partial charge in [-0.15, -0.1) is 6.58 Å². The van der Waals surface area contributed by atoms with Crippen molar-refractivity contribution in [3.63, 3.8) is 0 Å². The molecule has 0 aromatic carbocycles. The third kappa shape index (κ3) is 12.4. The molecule has 0 heterocycles. The third-order valence-corrected chi connectivity index (χ3v) is 2.27. The molecule has 1 nitrogen and oxygen atoms in total. The van der Waals surface area contributed by atoms with Crippen molar-refractivity contribution in [1.82, 2.24) is 0 Å². The highest BCUT2D eigenvalue weighted by molar-refractivity contribution is 5.33. The van der Waals surface area contributed by atoms with Crippen molar-refractivity contribution in [3.8, 4) is 23.7 Å². The first-order valence-electron chi connectivity index (χ1n) is 6.39. The molecule has 0 aromatic heterocycles. The zero-order chi connectivity index (χ0) is 13.5. The Kier molecular flexibility index (Phi) is 12.1. The fourth-order valence-electron chi connectivity index (χ4n) is 1.31. The lowest BCUT2D eigenvalue weighted by atomic mass is 10.1. The second-order valence-electron chi connectivity index (χ2n) is 3.89. The van der Waals surface area contributed by atoms with Crippen LogP contribution in [0.25, 0.3) is 0 Å². The van der Waals surface area contributed by atoms with Crippen LogP contribution in [0.4, 0.5) is 0 Å². The molecular formula is C17H22O. The molecule has 0 bridgehead atoms. The molecule has 1 heteroatoms. The van der Waals surface area contributed by atoms with E-state index in [4.69, 9.17) is 0 Å². The minimum atomic E-state index is -0.397. The minimum absolute atomic E-state index is 0.397. The molecule has 0 radical (unpaired) electrons. The summed E-state index contributed by atoms with van der Waals surface area (Å²) in [6, 6.07) is 0. The van der Waals surface area contributed by atoms with Crippen LogP contribution in [0.15, 0.2) is 37.0 Å². The van der Waals surface area contributed by atoms with Gasteiger partial charge in [0.25, 0.3) is 0 Å². The second-order valence-corrected chi connectivity index (χ2v) is 3.89. The summed E-state index contributed by atoms with van der Waals surface area (Å²) in [5.41, 5.74) is 0. The highest BCUT2D eigenvalue weighted by Gasteiger charge is 1.97. The van der Waals surface area contributed by atoms with E-state index in [9.17, 15) is 5.11 Å². The van der Waals surface area contributed by atoms with E-state index >= 15 is 0 Å². The summed E-state index contributed by atoms with van der Waals surface area (Å²) in [6.07, 6.45) is 13.7. The SMILES string of the molecule is C=CCCCCC[C@@H](O)/C=C/C#CC#C/C=C/C. The molecular weight excluding hydrogens is 220 g/mol. The number of aliphatic hydroxyl groups is 1. The molecule has 0 aliphatic carbocycles. The van der Waals surface area contributed by atoms with Gasteiger partial charge in [-0.25, -0.2) is 0 Å². The van der Waals surface area contributed by atoms with Crippen LogP contribution in [0.3, 0.4) is 0 Å². The smallest absolute Gasteiger partial charge is 0.0730 e. The fraction of sp³-hybridized carbons (Fsp3) is 0.412. The first-order chi connectivity index (χ1) is 8.81. The highest BCUT2D eigenvalue weighted by Crippen LogP contribution is 2.06. The van der Waals surface area contributed by atoms with Crippen molar-refractivity contribution in [2.24, 2.45) is 0 Å². The van der Waals surface area contributed by atoms with Crippen LogP contribution in [-0.4, -0.2) is 11.2 Å². The molecule has 96 valence electrons. The van der Waals surface area contributed by atoms with E-state index < -0.39 is 6.10 Å². The van der Waals surface area contributed by atoms with Gasteiger partial charge >= 0.3 is 0 Å². The normalized spacial score (nSPS) is 11.7. The van der Waals surface area contributed by atoms with Gasteiger partial charge in [0.15, 0.2) is 0 Å². The molecule has 0 aliphatic heterocycles. The van der Waals surface area contributed by atoms with Gasteiger partial charge in [0.2, 0.25) is 0 Å². The van der Waals surface area contributed by atoms with E-state index in [0.717, 1.165) is 32.1 Å². The van der Waals surface area contributed by atoms with Crippen molar-refractivity contribution in [2.75, 3.05) is 0 Å². The quantitative estimate of drug-likeness (QED) is 0.411. The van der Waals surface area contributed by atoms with E-state index in [-0.39, 0.29) is 0 Å². The molecule has 0 aromatic rings. The van der Waals surface area contributed by atoms with Crippen LogP contribution in [-0.2, 0) is 0 Å². The lowest BCUT2D eigenvalue weighted by Crippen LogP contribution is -2.01. The number of allylic oxidation sites excluding steroid dienone is 4. The van der Waals surface area contributed by atoms with Gasteiger partial charge in [0, 0.05) is 0 Å². The molecule has 0 saturated heterocycles. The summed E-state index contributed by atoms with van der Waals surface area (Å²) in [4.78, 5) is 0. The Hall–Kier alpha value is -1.70. The Balaban J connectivity index is 3.71. The predicted molar refractivity (Wildman–Crippen MR) is 78.8 cm³/mol. The van der Waals surface area contributed by atoms with Crippen LogP contribution in [0, 0.1) is 23.7 Å². The Morgan fingerprint density at radius 2 is 1.83 bits per heavy atom. The van der Waals surface area contributed by atoms with Crippen molar-refractivity contribution >= 4 is 0 Å². The fourth-order valence-corrected chi connectivity index (χ4v) is 1.31. The molecule has 1 N–H and O–H groups in total. The molecule has 18 heavy (non-hydrogen) atoms. The summed E-state index contributed by atoms with van der Waals surface area (Å²) >= 11 is 0. The zero-order valence-electron chi connectivity index (χ0n) is 11.2. The Morgan fingerprint density at radius 1 is 1.11 bits per heavy atom. The maximum atomic E-state index is 9.62. The van der Waals surface area contributed by atoms with E-state index in [2.05, 4.69) is 30.3 Å². The first-order valence-corrected chi connectivity index (χ1v) is 6.39. The van der Waals surface area contributed by atoms with E-state index in [0.29, 0.717) is 0 Å². The monoisotopic (exact) mass is 242 g/mol. The van der Waals surface area contributed by atoms with Gasteiger partial charge in [0.05, 0.1) is 6.10 Å². The van der Waals surface area contributed by atoms with Crippen LogP contribution in [0.1, 0.15) is 39.0 Å². The van der Waals surface area contributed by atoms with Gasteiger partial charge < -0.3 is 5.11 Å². The first kappa shape index (κ1) is 16.3. The number of aliphatic hydroxyl groups excluding tert-OH is 1. The summed E-state index contributed by atoms with van der Waals surface area (Å²) < 4.78 is 0. The Bertz CT molecular complexity index is 379. The molecule has 0 unspecified atom stereocenters. The average molecular weight is 242 g/mol. The average Bonchev–Trinajstić information content (AvgIpc) is 2.37. The van der Waals surface area contributed by atoms with E-state index in [1.54, 1.807) is 18.2 Å². The predicted octanol–water partition coefficient (Wildman–Crippen LogP) is 3.62. The number of hydrogen-bond acceptors (Lipinski definition) is 1. The third-order valence-electron chi connectivity index (χ3n) is 2.27. The van der Waals surface area contributed by atoms with Crippen LogP contribution < -0.4 is 0 Å². The van der Waals surface area contributed by atoms with Gasteiger partial charge in [-0.2, -0.15) is 0 Å². The van der Waals surface area contributed by atoms with Gasteiger partial charge in [0.1, 0.15) is 0 Å². The van der Waals surface area contributed by atoms with Crippen molar-refractivity contribution in [1.29, 1.82) is 0 Å². The van der Waals surface area contributed by atoms with Crippen LogP contribution in [0.2, 0.25) is 0 Å². The molecule has 0 fully saturated rings. The molecule has 0 rings (SSSR count). The summed E-state index contributed by atoms with van der Waals surface area (Å²) in [6.45, 7) is 5.59. The molecule has 0 aliphatic rings. The largest absolute Gasteiger partial charge is 0.389 e. The number of hydrogen-bond donors (Lipinski definition) is 1. The zero-order valence-corrected chi connectivity index (χ0v) is 11.2. The Labute approximate surface area is 111 Å². The lowest BCUT2D eigenvalue weighted by molar-refractivity contribution is 0.208. The van der Waals surface area contributed by atoms with Crippen molar-refractivity contribution < 1.29 is 5.11 Å². The van der Waals surface area contributed by atoms with Gasteiger partial charge in [-0.3, -0.25) is 0 Å². The van der Waals surface area contributed by atoms with Crippen LogP contribution in [0.5, 0.6) is 0 Å². The number of unbranched alkanes of at least 4 members (excludes halogenated alkanes) is 3. The van der Waals surface area contributed by atoms with Crippen molar-refractivity contribution in [2.45, 2.75) is 45.1 Å². The standard InChI is InChI=1S/C17H22O/c1-3-5-7-9-10-12-14-16-17(18)15-13-11-8-6-4-2/h3-5,14,16-18H,2,6,8,11,13,15H2,1H3/b5-3+,16-14+/t17-/m1/s1. The summed E-state index contributed by atoms with van der Waals surface area (Å²) in [7, 11) is 0. The summed E-state index contributed by atoms with van der Waals surface area (Å²) in [5.74, 6) is 10.9. The second kappa shape index (κ2) is 13.4. The molecule has 0 spiro atoms. The number of rotatable bonds is 7. The van der Waals surface area contributed by atoms with E-state index in [1.807, 2.05) is 19.1 Å². The topological polar surface area (TPSA) is 20.2 Å². The highest BCUT2D eigenvalue weighted by atomic mass is 16.3. The maximum absolute atomic E-state index is 9.62. The maximum Gasteiger partial charge on any atom is 0.0730 e. The van der Waals surface area contributed by atoms with Gasteiger partial charge in [-0.1, -0.05) is 36.8 Å². The lowest BCUT2D eigenvalue weighted by Gasteiger charge is -2.03. The van der Waals surface area contributed by atoms with Crippen molar-refractivity contribution in [3.05, 3.63) is 37.0 Å². The van der Waals surface area contributed by atoms with Gasteiger partial charge in [-0.05, 0) is 56.3 Å². The Morgan fingerprint density at radius 3 is 2.50 bits per heavy atom. The summed E-state index contributed by atoms with van der Waals surface area (Å²) in [5, 5.41) is 9.62. The van der Waals surface area contributed by atoms with E-state index in [1.165, 1.54) is 0 Å². The molecule has 1 atom stereocenters.